The van der Waals surface area contributed by atoms with Crippen LogP contribution in [0.4, 0.5) is 0 Å². The van der Waals surface area contributed by atoms with Crippen molar-refractivity contribution in [3.8, 4) is 33.8 Å². The van der Waals surface area contributed by atoms with Crippen molar-refractivity contribution in [3.63, 3.8) is 0 Å². The first kappa shape index (κ1) is 42.1. The van der Waals surface area contributed by atoms with Crippen molar-refractivity contribution in [2.45, 2.75) is 70.2 Å². The molecule has 8 nitrogen and oxygen atoms in total. The van der Waals surface area contributed by atoms with Gasteiger partial charge in [-0.1, -0.05) is 125 Å². The quantitative estimate of drug-likeness (QED) is 0.0716. The van der Waals surface area contributed by atoms with E-state index in [4.69, 9.17) is 42.1 Å². The number of halogens is 2. The van der Waals surface area contributed by atoms with Crippen LogP contribution < -0.4 is 9.47 Å². The van der Waals surface area contributed by atoms with Gasteiger partial charge in [0.1, 0.15) is 43.0 Å². The third-order valence-electron chi connectivity index (χ3n) is 9.51. The number of hydrogen-bond donors (Lipinski definition) is 2. The number of carbonyl (C=O) groups excluding carboxylic acids is 2. The van der Waals surface area contributed by atoms with Gasteiger partial charge in [0.15, 0.2) is 0 Å². The highest BCUT2D eigenvalue weighted by molar-refractivity contribution is 6.33. The van der Waals surface area contributed by atoms with E-state index in [1.165, 1.54) is 0 Å². The summed E-state index contributed by atoms with van der Waals surface area (Å²) >= 11 is 14.0. The zero-order chi connectivity index (χ0) is 39.5. The number of benzene rings is 4. The maximum absolute atomic E-state index is 12.1. The topological polar surface area (TPSA) is 112 Å². The number of ether oxygens (including phenoxy) is 4. The summed E-state index contributed by atoms with van der Waals surface area (Å²) < 4.78 is 23.0. The van der Waals surface area contributed by atoms with Crippen molar-refractivity contribution < 1.29 is 38.7 Å². The summed E-state index contributed by atoms with van der Waals surface area (Å²) in [5, 5.41) is 22.3. The van der Waals surface area contributed by atoms with Gasteiger partial charge in [-0.2, -0.15) is 0 Å². The average Bonchev–Trinajstić information content (AvgIpc) is 3.18. The Morgan fingerprint density at radius 3 is 1.57 bits per heavy atom. The van der Waals surface area contributed by atoms with E-state index in [1.807, 2.05) is 98.8 Å². The molecule has 0 radical (unpaired) electrons. The minimum Gasteiger partial charge on any atom is -0.489 e. The molecule has 0 aliphatic carbocycles. The highest BCUT2D eigenvalue weighted by Crippen LogP contribution is 2.46. The van der Waals surface area contributed by atoms with Crippen LogP contribution in [0.2, 0.25) is 10.0 Å². The summed E-state index contributed by atoms with van der Waals surface area (Å²) in [4.78, 5) is 23.6. The SMILES string of the molecule is C=CC(=O)OCC(O)COc1c(Cl)cc(C(C)(C)c2cc(Cl)c(OCC(O)CC(CC)(CC)OC(=O)C=C)c(-c3ccccc3)c2)cc1-c1ccccc1. The predicted molar refractivity (Wildman–Crippen MR) is 214 cm³/mol. The van der Waals surface area contributed by atoms with Crippen LogP contribution in [-0.4, -0.2) is 59.8 Å². The zero-order valence-electron chi connectivity index (χ0n) is 31.1. The van der Waals surface area contributed by atoms with E-state index in [-0.39, 0.29) is 26.2 Å². The van der Waals surface area contributed by atoms with Crippen molar-refractivity contribution in [2.24, 2.45) is 0 Å². The van der Waals surface area contributed by atoms with Crippen LogP contribution in [0.3, 0.4) is 0 Å². The standard InChI is InChI=1S/C44H48Cl2O8/c1-7-39(49)51-27-34(48)28-53-42-36(30-19-15-12-16-20-30)22-32(24-38(42)46)43(5,6)31-21-35(29-17-13-11-14-18-29)41(37(45)23-31)52-26-33(47)25-44(9-3,10-4)54-40(50)8-2/h7-8,11-24,33-34,47-48H,1-2,9-10,25-28H2,3-6H3. The first-order valence-corrected chi connectivity index (χ1v) is 18.6. The first-order valence-electron chi connectivity index (χ1n) is 17.8. The Balaban J connectivity index is 1.71. The van der Waals surface area contributed by atoms with Gasteiger partial charge in [0.25, 0.3) is 0 Å². The van der Waals surface area contributed by atoms with E-state index < -0.39 is 35.2 Å². The van der Waals surface area contributed by atoms with E-state index in [2.05, 4.69) is 27.0 Å². The van der Waals surface area contributed by atoms with Gasteiger partial charge in [0, 0.05) is 35.1 Å². The highest BCUT2D eigenvalue weighted by Gasteiger charge is 2.34. The molecule has 4 aromatic carbocycles. The molecule has 0 saturated heterocycles. The molecule has 0 amide bonds. The molecule has 0 saturated carbocycles. The van der Waals surface area contributed by atoms with E-state index in [1.54, 1.807) is 0 Å². The van der Waals surface area contributed by atoms with Crippen molar-refractivity contribution in [3.05, 3.63) is 131 Å². The maximum atomic E-state index is 12.1. The Kier molecular flexibility index (Phi) is 14.9. The average molecular weight is 776 g/mol. The third-order valence-corrected chi connectivity index (χ3v) is 10.1. The largest absolute Gasteiger partial charge is 0.489 e. The van der Waals surface area contributed by atoms with Crippen LogP contribution in [0.5, 0.6) is 11.5 Å². The van der Waals surface area contributed by atoms with E-state index in [0.717, 1.165) is 40.0 Å². The molecule has 0 heterocycles. The lowest BCUT2D eigenvalue weighted by atomic mass is 9.76. The lowest BCUT2D eigenvalue weighted by molar-refractivity contribution is -0.158. The monoisotopic (exact) mass is 774 g/mol. The molecule has 2 unspecified atom stereocenters. The molecule has 0 aliphatic heterocycles. The van der Waals surface area contributed by atoms with E-state index in [9.17, 15) is 19.8 Å². The summed E-state index contributed by atoms with van der Waals surface area (Å²) in [5.41, 5.74) is 3.35. The normalized spacial score (nSPS) is 12.7. The van der Waals surface area contributed by atoms with Crippen molar-refractivity contribution in [1.82, 2.24) is 0 Å². The van der Waals surface area contributed by atoms with Gasteiger partial charge < -0.3 is 29.2 Å². The highest BCUT2D eigenvalue weighted by atomic mass is 35.5. The van der Waals surface area contributed by atoms with Crippen LogP contribution in [0, 0.1) is 0 Å². The van der Waals surface area contributed by atoms with Crippen molar-refractivity contribution >= 4 is 35.1 Å². The van der Waals surface area contributed by atoms with Crippen LogP contribution in [0.15, 0.2) is 110 Å². The molecule has 4 rings (SSSR count). The van der Waals surface area contributed by atoms with Gasteiger partial charge >= 0.3 is 11.9 Å². The molecular formula is C44H48Cl2O8. The smallest absolute Gasteiger partial charge is 0.330 e. The minimum atomic E-state index is -1.10. The van der Waals surface area contributed by atoms with E-state index >= 15 is 0 Å². The van der Waals surface area contributed by atoms with Crippen LogP contribution in [-0.2, 0) is 24.5 Å². The molecule has 286 valence electrons. The molecule has 54 heavy (non-hydrogen) atoms. The second kappa shape index (κ2) is 19.1. The zero-order valence-corrected chi connectivity index (χ0v) is 32.7. The third kappa shape index (κ3) is 10.5. The van der Waals surface area contributed by atoms with Crippen LogP contribution in [0.1, 0.15) is 58.1 Å². The van der Waals surface area contributed by atoms with Gasteiger partial charge in [-0.15, -0.1) is 0 Å². The Morgan fingerprint density at radius 1 is 0.704 bits per heavy atom. The van der Waals surface area contributed by atoms with Crippen LogP contribution >= 0.6 is 23.2 Å². The Labute approximate surface area is 327 Å². The molecule has 0 bridgehead atoms. The molecule has 0 fully saturated rings. The van der Waals surface area contributed by atoms with Gasteiger partial charge in [0.2, 0.25) is 0 Å². The maximum Gasteiger partial charge on any atom is 0.330 e. The Morgan fingerprint density at radius 2 is 1.15 bits per heavy atom. The number of hydrogen-bond acceptors (Lipinski definition) is 8. The van der Waals surface area contributed by atoms with Gasteiger partial charge in [-0.3, -0.25) is 0 Å². The molecule has 0 aromatic heterocycles. The molecule has 2 atom stereocenters. The summed E-state index contributed by atoms with van der Waals surface area (Å²) in [6.07, 6.45) is 1.29. The minimum absolute atomic E-state index is 0.0847. The van der Waals surface area contributed by atoms with E-state index in [0.29, 0.717) is 39.9 Å². The van der Waals surface area contributed by atoms with Crippen LogP contribution in [0.25, 0.3) is 22.3 Å². The lowest BCUT2D eigenvalue weighted by Gasteiger charge is -2.33. The fourth-order valence-electron chi connectivity index (χ4n) is 6.15. The summed E-state index contributed by atoms with van der Waals surface area (Å²) in [6, 6.07) is 27.0. The number of carbonyl (C=O) groups is 2. The first-order chi connectivity index (χ1) is 25.8. The van der Waals surface area contributed by atoms with Gasteiger partial charge in [-0.05, 0) is 59.4 Å². The lowest BCUT2D eigenvalue weighted by Crippen LogP contribution is -2.39. The molecule has 10 heteroatoms. The summed E-state index contributed by atoms with van der Waals surface area (Å²) in [7, 11) is 0. The number of aliphatic hydroxyl groups excluding tert-OH is 2. The molecule has 0 spiro atoms. The fourth-order valence-corrected chi connectivity index (χ4v) is 6.69. The number of rotatable bonds is 19. The summed E-state index contributed by atoms with van der Waals surface area (Å²) in [5.74, 6) is -0.403. The molecule has 2 N–H and O–H groups in total. The molecule has 4 aromatic rings. The molecular weight excluding hydrogens is 727 g/mol. The predicted octanol–water partition coefficient (Wildman–Crippen LogP) is 9.54. The van der Waals surface area contributed by atoms with Gasteiger partial charge in [-0.25, -0.2) is 9.59 Å². The Bertz CT molecular complexity index is 1910. The Hall–Kier alpha value is -4.60. The van der Waals surface area contributed by atoms with Crippen molar-refractivity contribution in [1.29, 1.82) is 0 Å². The van der Waals surface area contributed by atoms with Crippen molar-refractivity contribution in [2.75, 3.05) is 19.8 Å². The second-order valence-corrected chi connectivity index (χ2v) is 14.3. The summed E-state index contributed by atoms with van der Waals surface area (Å²) in [6.45, 7) is 14.3. The fraction of sp³-hybridized carbons (Fsp3) is 0.318. The second-order valence-electron chi connectivity index (χ2n) is 13.5. The number of esters is 2. The van der Waals surface area contributed by atoms with Gasteiger partial charge in [0.05, 0.1) is 16.1 Å². The number of aliphatic hydroxyl groups is 2. The molecule has 0 aliphatic rings.